The van der Waals surface area contributed by atoms with E-state index >= 15 is 0 Å². The second-order valence-corrected chi connectivity index (χ2v) is 5.53. The standard InChI is InChI=1S/C13H15N3O4S/c1-6-9(8(3)20-16-6)4-11(17)14-7(2)12-15-10(5-21-12)13(18)19/h5,7H,4H2,1-3H3,(H,14,17)(H,18,19). The van der Waals surface area contributed by atoms with E-state index in [1.54, 1.807) is 20.8 Å². The van der Waals surface area contributed by atoms with Crippen LogP contribution in [-0.2, 0) is 11.2 Å². The summed E-state index contributed by atoms with van der Waals surface area (Å²) in [5.41, 5.74) is 1.45. The van der Waals surface area contributed by atoms with Gasteiger partial charge < -0.3 is 14.9 Å². The van der Waals surface area contributed by atoms with Crippen molar-refractivity contribution in [3.05, 3.63) is 33.1 Å². The highest BCUT2D eigenvalue weighted by Crippen LogP contribution is 2.19. The maximum atomic E-state index is 12.0. The quantitative estimate of drug-likeness (QED) is 0.873. The van der Waals surface area contributed by atoms with Crippen LogP contribution in [-0.4, -0.2) is 27.1 Å². The molecular formula is C13H15N3O4S. The molecule has 0 aliphatic heterocycles. The van der Waals surface area contributed by atoms with Gasteiger partial charge in [-0.25, -0.2) is 9.78 Å². The van der Waals surface area contributed by atoms with Gasteiger partial charge in [0, 0.05) is 10.9 Å². The molecular weight excluding hydrogens is 294 g/mol. The number of hydrogen-bond acceptors (Lipinski definition) is 6. The van der Waals surface area contributed by atoms with E-state index < -0.39 is 5.97 Å². The average molecular weight is 309 g/mol. The molecule has 2 heterocycles. The Morgan fingerprint density at radius 2 is 2.19 bits per heavy atom. The highest BCUT2D eigenvalue weighted by Gasteiger charge is 2.18. The molecule has 0 aliphatic carbocycles. The van der Waals surface area contributed by atoms with Crippen LogP contribution < -0.4 is 5.32 Å². The van der Waals surface area contributed by atoms with Crippen molar-refractivity contribution in [3.8, 4) is 0 Å². The molecule has 112 valence electrons. The van der Waals surface area contributed by atoms with Crippen molar-refractivity contribution in [2.75, 3.05) is 0 Å². The Hall–Kier alpha value is -2.22. The Labute approximate surface area is 125 Å². The Balaban J connectivity index is 2.00. The molecule has 0 bridgehead atoms. The predicted molar refractivity (Wildman–Crippen MR) is 75.3 cm³/mol. The minimum atomic E-state index is -1.08. The van der Waals surface area contributed by atoms with Crippen LogP contribution in [0.1, 0.15) is 45.5 Å². The van der Waals surface area contributed by atoms with E-state index in [0.717, 1.165) is 5.56 Å². The lowest BCUT2D eigenvalue weighted by atomic mass is 10.1. The van der Waals surface area contributed by atoms with Gasteiger partial charge in [-0.15, -0.1) is 11.3 Å². The van der Waals surface area contributed by atoms with Gasteiger partial charge in [0.2, 0.25) is 5.91 Å². The first-order valence-electron chi connectivity index (χ1n) is 6.28. The van der Waals surface area contributed by atoms with Crippen LogP contribution in [0.4, 0.5) is 0 Å². The summed E-state index contributed by atoms with van der Waals surface area (Å²) in [5, 5.41) is 17.4. The number of amides is 1. The zero-order chi connectivity index (χ0) is 15.6. The third kappa shape index (κ3) is 3.46. The van der Waals surface area contributed by atoms with E-state index in [-0.39, 0.29) is 24.1 Å². The largest absolute Gasteiger partial charge is 0.476 e. The van der Waals surface area contributed by atoms with Gasteiger partial charge in [-0.05, 0) is 20.8 Å². The molecule has 1 amide bonds. The first-order chi connectivity index (χ1) is 9.88. The van der Waals surface area contributed by atoms with Crippen LogP contribution >= 0.6 is 11.3 Å². The van der Waals surface area contributed by atoms with Crippen LogP contribution in [0.15, 0.2) is 9.90 Å². The summed E-state index contributed by atoms with van der Waals surface area (Å²) >= 11 is 1.20. The van der Waals surface area contributed by atoms with E-state index in [4.69, 9.17) is 9.63 Å². The third-order valence-electron chi connectivity index (χ3n) is 3.01. The van der Waals surface area contributed by atoms with Gasteiger partial charge in [0.05, 0.1) is 18.2 Å². The average Bonchev–Trinajstić information content (AvgIpc) is 3.01. The summed E-state index contributed by atoms with van der Waals surface area (Å²) in [6.45, 7) is 5.30. The summed E-state index contributed by atoms with van der Waals surface area (Å²) < 4.78 is 5.01. The fraction of sp³-hybridized carbons (Fsp3) is 0.385. The highest BCUT2D eigenvalue weighted by molar-refractivity contribution is 7.09. The van der Waals surface area contributed by atoms with Crippen LogP contribution in [0.5, 0.6) is 0 Å². The van der Waals surface area contributed by atoms with Crippen molar-refractivity contribution in [2.24, 2.45) is 0 Å². The van der Waals surface area contributed by atoms with Gasteiger partial charge >= 0.3 is 5.97 Å². The molecule has 8 heteroatoms. The van der Waals surface area contributed by atoms with E-state index in [0.29, 0.717) is 16.5 Å². The molecule has 0 radical (unpaired) electrons. The maximum absolute atomic E-state index is 12.0. The number of carboxylic acids is 1. The summed E-state index contributed by atoms with van der Waals surface area (Å²) in [6, 6.07) is -0.351. The number of carbonyl (C=O) groups is 2. The topological polar surface area (TPSA) is 105 Å². The van der Waals surface area contributed by atoms with Gasteiger partial charge in [-0.1, -0.05) is 5.16 Å². The molecule has 2 aromatic heterocycles. The molecule has 7 nitrogen and oxygen atoms in total. The smallest absolute Gasteiger partial charge is 0.355 e. The normalized spacial score (nSPS) is 12.1. The Bertz CT molecular complexity index is 657. The predicted octanol–water partition coefficient (Wildman–Crippen LogP) is 1.87. The number of nitrogens with one attached hydrogen (secondary N) is 1. The van der Waals surface area contributed by atoms with Gasteiger partial charge in [0.15, 0.2) is 5.69 Å². The first-order valence-corrected chi connectivity index (χ1v) is 7.16. The van der Waals surface area contributed by atoms with Crippen molar-refractivity contribution in [2.45, 2.75) is 33.2 Å². The lowest BCUT2D eigenvalue weighted by Crippen LogP contribution is -2.28. The van der Waals surface area contributed by atoms with Crippen molar-refractivity contribution < 1.29 is 19.2 Å². The SMILES string of the molecule is Cc1noc(C)c1CC(=O)NC(C)c1nc(C(=O)O)cs1. The van der Waals surface area contributed by atoms with Crippen LogP contribution in [0, 0.1) is 13.8 Å². The second-order valence-electron chi connectivity index (χ2n) is 4.64. The minimum absolute atomic E-state index is 0.0122. The van der Waals surface area contributed by atoms with Crippen LogP contribution in [0.2, 0.25) is 0 Å². The molecule has 0 spiro atoms. The number of aromatic nitrogens is 2. The monoisotopic (exact) mass is 309 g/mol. The van der Waals surface area contributed by atoms with E-state index in [1.165, 1.54) is 16.7 Å². The molecule has 2 rings (SSSR count). The Kier molecular flexibility index (Phi) is 4.37. The Morgan fingerprint density at radius 1 is 1.48 bits per heavy atom. The van der Waals surface area contributed by atoms with E-state index in [9.17, 15) is 9.59 Å². The van der Waals surface area contributed by atoms with Gasteiger partial charge in [0.25, 0.3) is 0 Å². The summed E-state index contributed by atoms with van der Waals surface area (Å²) in [5.74, 6) is -0.645. The molecule has 21 heavy (non-hydrogen) atoms. The van der Waals surface area contributed by atoms with E-state index in [2.05, 4.69) is 15.5 Å². The zero-order valence-corrected chi connectivity index (χ0v) is 12.7. The minimum Gasteiger partial charge on any atom is -0.476 e. The number of thiazole rings is 1. The highest BCUT2D eigenvalue weighted by atomic mass is 32.1. The maximum Gasteiger partial charge on any atom is 0.355 e. The van der Waals surface area contributed by atoms with Crippen molar-refractivity contribution in [3.63, 3.8) is 0 Å². The number of nitrogens with zero attached hydrogens (tertiary/aromatic N) is 2. The molecule has 1 unspecified atom stereocenters. The summed E-state index contributed by atoms with van der Waals surface area (Å²) in [7, 11) is 0. The third-order valence-corrected chi connectivity index (χ3v) is 4.03. The van der Waals surface area contributed by atoms with E-state index in [1.807, 2.05) is 0 Å². The van der Waals surface area contributed by atoms with Gasteiger partial charge in [-0.2, -0.15) is 0 Å². The fourth-order valence-corrected chi connectivity index (χ4v) is 2.65. The number of hydrogen-bond donors (Lipinski definition) is 2. The molecule has 2 aromatic rings. The zero-order valence-electron chi connectivity index (χ0n) is 11.8. The molecule has 2 N–H and O–H groups in total. The molecule has 0 fully saturated rings. The number of rotatable bonds is 5. The van der Waals surface area contributed by atoms with Gasteiger partial charge in [0.1, 0.15) is 10.8 Å². The molecule has 0 saturated heterocycles. The van der Waals surface area contributed by atoms with Crippen molar-refractivity contribution in [1.29, 1.82) is 0 Å². The second kappa shape index (κ2) is 6.04. The number of aryl methyl sites for hydroxylation is 2. The lowest BCUT2D eigenvalue weighted by molar-refractivity contribution is -0.121. The lowest BCUT2D eigenvalue weighted by Gasteiger charge is -2.11. The first kappa shape index (κ1) is 15.2. The molecule has 1 atom stereocenters. The number of aromatic carboxylic acids is 1. The molecule has 0 saturated carbocycles. The summed E-state index contributed by atoms with van der Waals surface area (Å²) in [6.07, 6.45) is 0.169. The Morgan fingerprint density at radius 3 is 2.71 bits per heavy atom. The number of carboxylic acid groups (broad SMARTS) is 1. The fourth-order valence-electron chi connectivity index (χ4n) is 1.85. The van der Waals surface area contributed by atoms with Crippen LogP contribution in [0.3, 0.4) is 0 Å². The number of carbonyl (C=O) groups excluding carboxylic acids is 1. The molecule has 0 aromatic carbocycles. The molecule has 0 aliphatic rings. The van der Waals surface area contributed by atoms with Crippen molar-refractivity contribution in [1.82, 2.24) is 15.5 Å². The van der Waals surface area contributed by atoms with Crippen LogP contribution in [0.25, 0.3) is 0 Å². The van der Waals surface area contributed by atoms with Crippen molar-refractivity contribution >= 4 is 23.2 Å². The van der Waals surface area contributed by atoms with Gasteiger partial charge in [-0.3, -0.25) is 4.79 Å². The summed E-state index contributed by atoms with van der Waals surface area (Å²) in [4.78, 5) is 26.8.